The number of fused-ring (bicyclic) bond motifs is 1. The van der Waals surface area contributed by atoms with E-state index in [0.717, 1.165) is 5.56 Å². The summed E-state index contributed by atoms with van der Waals surface area (Å²) in [4.78, 5) is 12.8. The molecule has 0 aliphatic heterocycles. The normalized spacial score (nSPS) is 11.1. The molecule has 0 fully saturated rings. The molecule has 0 atom stereocenters. The third kappa shape index (κ3) is 2.13. The maximum atomic E-state index is 14.1. The summed E-state index contributed by atoms with van der Waals surface area (Å²) in [5.74, 6) is -0.443. The molecular weight excluding hydrogens is 307 g/mol. The Morgan fingerprint density at radius 1 is 1.04 bits per heavy atom. The van der Waals surface area contributed by atoms with E-state index in [9.17, 15) is 9.18 Å². The third-order valence-corrected chi connectivity index (χ3v) is 4.06. The molecule has 5 heteroatoms. The molecule has 0 aliphatic rings. The number of rotatable bonds is 2. The zero-order valence-electron chi connectivity index (χ0n) is 12.9. The van der Waals surface area contributed by atoms with Crippen LogP contribution in [0.2, 0.25) is 0 Å². The van der Waals surface area contributed by atoms with Crippen LogP contribution in [0.25, 0.3) is 33.5 Å². The third-order valence-electron chi connectivity index (χ3n) is 4.06. The van der Waals surface area contributed by atoms with Crippen LogP contribution in [0, 0.1) is 5.82 Å². The first-order chi connectivity index (χ1) is 11.7. The number of aromatic nitrogens is 2. The van der Waals surface area contributed by atoms with Gasteiger partial charge >= 0.3 is 0 Å². The summed E-state index contributed by atoms with van der Waals surface area (Å²) < 4.78 is 20.9. The molecule has 4 aromatic rings. The van der Waals surface area contributed by atoms with Crippen molar-refractivity contribution in [2.75, 3.05) is 0 Å². The van der Waals surface area contributed by atoms with Crippen molar-refractivity contribution in [3.8, 4) is 22.5 Å². The van der Waals surface area contributed by atoms with Gasteiger partial charge in [-0.05, 0) is 17.7 Å². The number of benzene rings is 2. The molecule has 4 nitrogen and oxygen atoms in total. The molecule has 0 spiro atoms. The van der Waals surface area contributed by atoms with Crippen LogP contribution in [0.3, 0.4) is 0 Å². The number of nitrogens with zero attached hydrogens (tertiary/aromatic N) is 2. The molecule has 24 heavy (non-hydrogen) atoms. The van der Waals surface area contributed by atoms with E-state index in [0.29, 0.717) is 11.3 Å². The largest absolute Gasteiger partial charge is 0.355 e. The van der Waals surface area contributed by atoms with Crippen molar-refractivity contribution in [2.45, 2.75) is 0 Å². The lowest BCUT2D eigenvalue weighted by atomic mass is 10.1. The van der Waals surface area contributed by atoms with Gasteiger partial charge in [0.2, 0.25) is 0 Å². The molecule has 2 aromatic carbocycles. The number of hydrogen-bond donors (Lipinski definition) is 0. The average Bonchev–Trinajstić information content (AvgIpc) is 3.03. The highest BCUT2D eigenvalue weighted by molar-refractivity contribution is 5.92. The van der Waals surface area contributed by atoms with Crippen LogP contribution < -0.4 is 5.56 Å². The first-order valence-electron chi connectivity index (χ1n) is 7.46. The number of halogens is 1. The summed E-state index contributed by atoms with van der Waals surface area (Å²) >= 11 is 0. The van der Waals surface area contributed by atoms with E-state index in [4.69, 9.17) is 4.52 Å². The topological polar surface area (TPSA) is 48.0 Å². The Labute approximate surface area is 136 Å². The zero-order valence-corrected chi connectivity index (χ0v) is 12.9. The summed E-state index contributed by atoms with van der Waals surface area (Å²) in [7, 11) is 1.68. The highest BCUT2D eigenvalue weighted by atomic mass is 19.1. The molecule has 0 bridgehead atoms. The molecule has 2 aromatic heterocycles. The summed E-state index contributed by atoms with van der Waals surface area (Å²) in [5, 5.41) is 4.21. The monoisotopic (exact) mass is 320 g/mol. The Morgan fingerprint density at radius 2 is 1.75 bits per heavy atom. The molecule has 0 aliphatic carbocycles. The highest BCUT2D eigenvalue weighted by Crippen LogP contribution is 2.29. The van der Waals surface area contributed by atoms with Gasteiger partial charge in [-0.15, -0.1) is 0 Å². The molecule has 0 saturated heterocycles. The maximum Gasteiger partial charge on any atom is 0.264 e. The minimum Gasteiger partial charge on any atom is -0.355 e. The van der Waals surface area contributed by atoms with E-state index < -0.39 is 5.82 Å². The quantitative estimate of drug-likeness (QED) is 0.561. The molecule has 0 saturated carbocycles. The van der Waals surface area contributed by atoms with Crippen LogP contribution in [0.1, 0.15) is 0 Å². The van der Waals surface area contributed by atoms with E-state index in [1.807, 2.05) is 30.3 Å². The Balaban J connectivity index is 2.02. The highest BCUT2D eigenvalue weighted by Gasteiger charge is 2.19. The van der Waals surface area contributed by atoms with E-state index in [1.165, 1.54) is 10.6 Å². The van der Waals surface area contributed by atoms with Gasteiger partial charge in [0.25, 0.3) is 5.56 Å². The fourth-order valence-electron chi connectivity index (χ4n) is 2.83. The predicted octanol–water partition coefficient (Wildman–Crippen LogP) is 4.00. The predicted molar refractivity (Wildman–Crippen MR) is 90.1 cm³/mol. The van der Waals surface area contributed by atoms with Crippen LogP contribution in [0.4, 0.5) is 4.39 Å². The van der Waals surface area contributed by atoms with Crippen molar-refractivity contribution >= 4 is 11.0 Å². The van der Waals surface area contributed by atoms with Crippen LogP contribution in [-0.4, -0.2) is 9.72 Å². The van der Waals surface area contributed by atoms with Crippen molar-refractivity contribution in [2.24, 2.45) is 7.05 Å². The fraction of sp³-hybridized carbons (Fsp3) is 0.0526. The Bertz CT molecular complexity index is 1100. The minimum absolute atomic E-state index is 0.225. The van der Waals surface area contributed by atoms with Crippen LogP contribution >= 0.6 is 0 Å². The molecule has 0 radical (unpaired) electrons. The molecule has 0 N–H and O–H groups in total. The second-order valence-corrected chi connectivity index (χ2v) is 5.51. The summed E-state index contributed by atoms with van der Waals surface area (Å²) in [6, 6.07) is 17.5. The van der Waals surface area contributed by atoms with Gasteiger partial charge in [0.1, 0.15) is 16.9 Å². The summed E-state index contributed by atoms with van der Waals surface area (Å²) in [5.41, 5.74) is 2.15. The van der Waals surface area contributed by atoms with Gasteiger partial charge in [-0.2, -0.15) is 0 Å². The van der Waals surface area contributed by atoms with Gasteiger partial charge in [-0.25, -0.2) is 4.39 Å². The summed E-state index contributed by atoms with van der Waals surface area (Å²) in [6.07, 6.45) is 0. The minimum atomic E-state index is -0.443. The van der Waals surface area contributed by atoms with Gasteiger partial charge < -0.3 is 9.09 Å². The van der Waals surface area contributed by atoms with E-state index in [2.05, 4.69) is 5.16 Å². The van der Waals surface area contributed by atoms with Crippen LogP contribution in [0.5, 0.6) is 0 Å². The van der Waals surface area contributed by atoms with Crippen molar-refractivity contribution in [3.05, 3.63) is 76.8 Å². The summed E-state index contributed by atoms with van der Waals surface area (Å²) in [6.45, 7) is 0. The van der Waals surface area contributed by atoms with Gasteiger partial charge in [-0.3, -0.25) is 4.79 Å². The Kier molecular flexibility index (Phi) is 3.27. The fourth-order valence-corrected chi connectivity index (χ4v) is 2.83. The SMILES string of the molecule is Cn1c(-c2ccccc2)cc2onc(-c3ccccc3F)c2c1=O. The lowest BCUT2D eigenvalue weighted by molar-refractivity contribution is 0.458. The molecule has 2 heterocycles. The van der Waals surface area contributed by atoms with Crippen molar-refractivity contribution in [1.29, 1.82) is 0 Å². The van der Waals surface area contributed by atoms with Gasteiger partial charge in [0.05, 0.1) is 5.69 Å². The van der Waals surface area contributed by atoms with Crippen molar-refractivity contribution in [3.63, 3.8) is 0 Å². The lowest BCUT2D eigenvalue weighted by Crippen LogP contribution is -2.18. The first kappa shape index (κ1) is 14.4. The van der Waals surface area contributed by atoms with Crippen molar-refractivity contribution < 1.29 is 8.91 Å². The first-order valence-corrected chi connectivity index (χ1v) is 7.46. The smallest absolute Gasteiger partial charge is 0.264 e. The van der Waals surface area contributed by atoms with Gasteiger partial charge in [0.15, 0.2) is 5.58 Å². The Hall–Kier alpha value is -3.21. The number of pyridine rings is 1. The van der Waals surface area contributed by atoms with Crippen molar-refractivity contribution in [1.82, 2.24) is 9.72 Å². The lowest BCUT2D eigenvalue weighted by Gasteiger charge is -2.08. The number of hydrogen-bond acceptors (Lipinski definition) is 3. The Morgan fingerprint density at radius 3 is 2.50 bits per heavy atom. The standard InChI is InChI=1S/C19H13FN2O2/c1-22-15(12-7-3-2-4-8-12)11-16-17(19(22)23)18(21-24-16)13-9-5-6-10-14(13)20/h2-11H,1H3. The molecule has 4 rings (SSSR count). The zero-order chi connectivity index (χ0) is 16.7. The van der Waals surface area contributed by atoms with E-state index in [-0.39, 0.29) is 22.2 Å². The second-order valence-electron chi connectivity index (χ2n) is 5.51. The molecular formula is C19H13FN2O2. The second kappa shape index (κ2) is 5.45. The average molecular weight is 320 g/mol. The van der Waals surface area contributed by atoms with E-state index in [1.54, 1.807) is 31.3 Å². The van der Waals surface area contributed by atoms with Gasteiger partial charge in [0, 0.05) is 18.7 Å². The van der Waals surface area contributed by atoms with Crippen LogP contribution in [-0.2, 0) is 7.05 Å². The maximum absolute atomic E-state index is 14.1. The van der Waals surface area contributed by atoms with Gasteiger partial charge in [-0.1, -0.05) is 47.6 Å². The van der Waals surface area contributed by atoms with E-state index >= 15 is 0 Å². The van der Waals surface area contributed by atoms with Crippen LogP contribution in [0.15, 0.2) is 70.0 Å². The molecule has 0 amide bonds. The molecule has 118 valence electrons. The molecule has 0 unspecified atom stereocenters.